The van der Waals surface area contributed by atoms with E-state index in [2.05, 4.69) is 32.4 Å². The number of carbonyl (C=O) groups is 1. The molecule has 0 unspecified atom stereocenters. The first-order valence-electron chi connectivity index (χ1n) is 17.4. The molecule has 2 aromatic carbocycles. The highest BCUT2D eigenvalue weighted by Gasteiger charge is 2.27. The number of benzene rings is 2. The number of phenolic OH excluding ortho intramolecular Hbond substituents is 1. The quantitative estimate of drug-likeness (QED) is 0.0731. The van der Waals surface area contributed by atoms with Gasteiger partial charge < -0.3 is 14.9 Å². The number of hydrogen-bond donors (Lipinski definition) is 3. The van der Waals surface area contributed by atoms with Crippen LogP contribution in [0.5, 0.6) is 11.5 Å². The summed E-state index contributed by atoms with van der Waals surface area (Å²) in [6.07, 6.45) is 22.0. The van der Waals surface area contributed by atoms with Crippen molar-refractivity contribution in [2.45, 2.75) is 154 Å². The van der Waals surface area contributed by atoms with Gasteiger partial charge in [-0.25, -0.2) is 13.2 Å². The Morgan fingerprint density at radius 2 is 1.31 bits per heavy atom. The summed E-state index contributed by atoms with van der Waals surface area (Å²) >= 11 is 0. The van der Waals surface area contributed by atoms with Crippen molar-refractivity contribution >= 4 is 21.7 Å². The number of sulfonamides is 1. The van der Waals surface area contributed by atoms with Crippen molar-refractivity contribution in [2.24, 2.45) is 0 Å². The third-order valence-corrected chi connectivity index (χ3v) is 9.99. The molecular weight excluding hydrogens is 586 g/mol. The third-order valence-electron chi connectivity index (χ3n) is 8.62. The number of carboxylic acid groups (broad SMARTS) is 1. The van der Waals surface area contributed by atoms with Gasteiger partial charge in [0.25, 0.3) is 10.0 Å². The van der Waals surface area contributed by atoms with Gasteiger partial charge in [-0.1, -0.05) is 136 Å². The molecule has 2 aromatic rings. The topological polar surface area (TPSA) is 113 Å². The predicted octanol–water partition coefficient (Wildman–Crippen LogP) is 10.6. The van der Waals surface area contributed by atoms with Gasteiger partial charge in [0.05, 0.1) is 22.8 Å². The molecule has 0 aliphatic heterocycles. The lowest BCUT2D eigenvalue weighted by molar-refractivity contribution is 0.0696. The molecule has 7 nitrogen and oxygen atoms in total. The average molecular weight is 646 g/mol. The second-order valence-corrected chi connectivity index (χ2v) is 14.8. The number of phenols is 1. The maximum Gasteiger partial charge on any atom is 0.335 e. The number of aromatic hydroxyl groups is 1. The van der Waals surface area contributed by atoms with E-state index in [1.807, 2.05) is 0 Å². The van der Waals surface area contributed by atoms with E-state index in [-0.39, 0.29) is 27.3 Å². The molecule has 45 heavy (non-hydrogen) atoms. The van der Waals surface area contributed by atoms with Crippen LogP contribution in [0.25, 0.3) is 0 Å². The molecule has 254 valence electrons. The molecule has 0 aromatic heterocycles. The maximum absolute atomic E-state index is 13.1. The Hall–Kier alpha value is -2.74. The summed E-state index contributed by atoms with van der Waals surface area (Å²) in [5.74, 6) is -0.861. The average Bonchev–Trinajstić information content (AvgIpc) is 3.00. The maximum atomic E-state index is 13.1. The molecule has 2 rings (SSSR count). The second kappa shape index (κ2) is 20.4. The molecule has 0 fully saturated rings. The number of ether oxygens (including phenoxy) is 1. The Bertz CT molecular complexity index is 1260. The Kier molecular flexibility index (Phi) is 17.4. The summed E-state index contributed by atoms with van der Waals surface area (Å²) in [5.41, 5.74) is 0.422. The van der Waals surface area contributed by atoms with Crippen LogP contribution in [0.2, 0.25) is 0 Å². The molecular formula is C37H59NO6S. The molecule has 0 amide bonds. The molecule has 0 bridgehead atoms. The summed E-state index contributed by atoms with van der Waals surface area (Å²) in [6, 6.07) is 8.30. The van der Waals surface area contributed by atoms with Gasteiger partial charge in [-0.2, -0.15) is 0 Å². The van der Waals surface area contributed by atoms with E-state index >= 15 is 0 Å². The Labute approximate surface area is 273 Å². The number of hydrogen-bond acceptors (Lipinski definition) is 5. The Morgan fingerprint density at radius 3 is 1.87 bits per heavy atom. The zero-order valence-electron chi connectivity index (χ0n) is 28.3. The largest absolute Gasteiger partial charge is 0.506 e. The third kappa shape index (κ3) is 14.1. The van der Waals surface area contributed by atoms with Crippen molar-refractivity contribution in [1.29, 1.82) is 0 Å². The van der Waals surface area contributed by atoms with E-state index < -0.39 is 16.0 Å². The van der Waals surface area contributed by atoms with Crippen molar-refractivity contribution in [3.8, 4) is 11.5 Å². The van der Waals surface area contributed by atoms with Gasteiger partial charge >= 0.3 is 5.97 Å². The number of nitrogens with one attached hydrogen (secondary N) is 1. The van der Waals surface area contributed by atoms with E-state index in [9.17, 15) is 23.4 Å². The van der Waals surface area contributed by atoms with E-state index in [4.69, 9.17) is 4.74 Å². The molecule has 0 aliphatic rings. The van der Waals surface area contributed by atoms with E-state index in [0.717, 1.165) is 50.2 Å². The van der Waals surface area contributed by atoms with Crippen molar-refractivity contribution < 1.29 is 28.2 Å². The van der Waals surface area contributed by atoms with E-state index in [0.29, 0.717) is 12.4 Å². The van der Waals surface area contributed by atoms with Gasteiger partial charge in [0.1, 0.15) is 11.5 Å². The Balaban J connectivity index is 1.98. The fraction of sp³-hybridized carbons (Fsp3) is 0.649. The minimum Gasteiger partial charge on any atom is -0.506 e. The van der Waals surface area contributed by atoms with Crippen LogP contribution < -0.4 is 9.46 Å². The lowest BCUT2D eigenvalue weighted by Crippen LogP contribution is -2.20. The normalized spacial score (nSPS) is 11.9. The van der Waals surface area contributed by atoms with Crippen LogP contribution in [-0.4, -0.2) is 31.2 Å². The van der Waals surface area contributed by atoms with Crippen LogP contribution in [-0.2, 0) is 15.4 Å². The summed E-state index contributed by atoms with van der Waals surface area (Å²) in [7, 11) is -4.15. The Morgan fingerprint density at radius 1 is 0.778 bits per heavy atom. The second-order valence-electron chi connectivity index (χ2n) is 13.1. The van der Waals surface area contributed by atoms with Crippen molar-refractivity contribution in [1.82, 2.24) is 0 Å². The van der Waals surface area contributed by atoms with Gasteiger partial charge in [0, 0.05) is 11.6 Å². The molecule has 0 aliphatic carbocycles. The number of aromatic carboxylic acids is 1. The molecule has 3 N–H and O–H groups in total. The number of rotatable bonds is 25. The zero-order valence-corrected chi connectivity index (χ0v) is 29.2. The smallest absolute Gasteiger partial charge is 0.335 e. The van der Waals surface area contributed by atoms with Gasteiger partial charge in [-0.3, -0.25) is 4.72 Å². The van der Waals surface area contributed by atoms with E-state index in [1.54, 1.807) is 12.1 Å². The van der Waals surface area contributed by atoms with Crippen LogP contribution in [0.1, 0.15) is 159 Å². The lowest BCUT2D eigenvalue weighted by atomic mass is 9.79. The molecule has 0 heterocycles. The van der Waals surface area contributed by atoms with Gasteiger partial charge in [-0.05, 0) is 42.5 Å². The lowest BCUT2D eigenvalue weighted by Gasteiger charge is -2.28. The number of anilines is 1. The highest BCUT2D eigenvalue weighted by Crippen LogP contribution is 2.42. The summed E-state index contributed by atoms with van der Waals surface area (Å²) in [5, 5.41) is 20.2. The molecule has 0 saturated heterocycles. The van der Waals surface area contributed by atoms with Crippen LogP contribution in [0, 0.1) is 0 Å². The van der Waals surface area contributed by atoms with Crippen molar-refractivity contribution in [2.75, 3.05) is 11.3 Å². The van der Waals surface area contributed by atoms with Crippen molar-refractivity contribution in [3.05, 3.63) is 47.5 Å². The SMILES string of the molecule is CCCCCCCCCCCCCCCCOc1cc(NS(=O)(=O)c2cccc(C(=O)O)c2)c(O)cc1C(C)(C)CCCCC. The van der Waals surface area contributed by atoms with Crippen LogP contribution in [0.3, 0.4) is 0 Å². The highest BCUT2D eigenvalue weighted by atomic mass is 32.2. The monoisotopic (exact) mass is 645 g/mol. The molecule has 0 radical (unpaired) electrons. The van der Waals surface area contributed by atoms with Gasteiger partial charge in [0.15, 0.2) is 0 Å². The minimum absolute atomic E-state index is 0.000189. The van der Waals surface area contributed by atoms with Crippen LogP contribution >= 0.6 is 0 Å². The van der Waals surface area contributed by atoms with Gasteiger partial charge in [0.2, 0.25) is 0 Å². The summed E-state index contributed by atoms with van der Waals surface area (Å²) < 4.78 is 35.0. The molecule has 0 spiro atoms. The standard InChI is InChI=1S/C37H59NO6S/c1-5-7-9-10-11-12-13-14-15-16-17-18-19-21-26-44-35-29-33(34(39)28-32(35)37(3,4)25-20-8-6-2)38-45(42,43)31-24-22-23-30(27-31)36(40)41/h22-24,27-29,38-39H,5-21,25-26H2,1-4H3,(H,40,41). The van der Waals surface area contributed by atoms with E-state index in [1.165, 1.54) is 95.2 Å². The zero-order chi connectivity index (χ0) is 33.1. The van der Waals surface area contributed by atoms with Crippen molar-refractivity contribution in [3.63, 3.8) is 0 Å². The number of unbranched alkanes of at least 4 members (excludes halogenated alkanes) is 15. The molecule has 0 saturated carbocycles. The summed E-state index contributed by atoms with van der Waals surface area (Å²) in [6.45, 7) is 9.18. The first-order valence-corrected chi connectivity index (χ1v) is 18.9. The van der Waals surface area contributed by atoms with Gasteiger partial charge in [-0.15, -0.1) is 0 Å². The number of carboxylic acids is 1. The van der Waals surface area contributed by atoms with Crippen LogP contribution in [0.4, 0.5) is 5.69 Å². The summed E-state index contributed by atoms with van der Waals surface area (Å²) in [4.78, 5) is 11.2. The van der Waals surface area contributed by atoms with Crippen LogP contribution in [0.15, 0.2) is 41.3 Å². The highest BCUT2D eigenvalue weighted by molar-refractivity contribution is 7.92. The first kappa shape index (κ1) is 38.4. The fourth-order valence-electron chi connectivity index (χ4n) is 5.73. The fourth-order valence-corrected chi connectivity index (χ4v) is 6.84. The minimum atomic E-state index is -4.15. The first-order chi connectivity index (χ1) is 21.5. The predicted molar refractivity (Wildman–Crippen MR) is 185 cm³/mol. The molecule has 0 atom stereocenters. The molecule has 8 heteroatoms.